The van der Waals surface area contributed by atoms with Crippen LogP contribution in [0, 0.1) is 5.82 Å². The highest BCUT2D eigenvalue weighted by Crippen LogP contribution is 2.29. The van der Waals surface area contributed by atoms with Crippen molar-refractivity contribution in [1.29, 1.82) is 0 Å². The van der Waals surface area contributed by atoms with Crippen LogP contribution in [0.25, 0.3) is 11.1 Å². The monoisotopic (exact) mass is 429 g/mol. The van der Waals surface area contributed by atoms with E-state index in [1.165, 1.54) is 17.2 Å². The van der Waals surface area contributed by atoms with Gasteiger partial charge >= 0.3 is 12.1 Å². The van der Waals surface area contributed by atoms with Gasteiger partial charge in [-0.15, -0.1) is 5.10 Å². The van der Waals surface area contributed by atoms with Crippen LogP contribution in [0.4, 0.5) is 14.9 Å². The molecule has 4 rings (SSSR count). The van der Waals surface area contributed by atoms with Crippen LogP contribution in [0.2, 0.25) is 0 Å². The van der Waals surface area contributed by atoms with Gasteiger partial charge in [0.2, 0.25) is 12.1 Å². The largest absolute Gasteiger partial charge is 0.461 e. The standard InChI is InChI=1S/C20H20FN5O5/c1-11-24-25-19(30-11)17-5-2-12(8-23-17)15-4-3-13(6-16(15)21)26-9-14(31-20(26)28)10-29-18(27)7-22/h2-6,8,14,19,25H,7,9-10,22H2,1H3. The van der Waals surface area contributed by atoms with Gasteiger partial charge in [-0.3, -0.25) is 20.1 Å². The van der Waals surface area contributed by atoms with Crippen molar-refractivity contribution in [2.24, 2.45) is 10.8 Å². The zero-order chi connectivity index (χ0) is 22.0. The maximum atomic E-state index is 14.8. The Bertz CT molecular complexity index is 1030. The van der Waals surface area contributed by atoms with Crippen molar-refractivity contribution in [3.8, 4) is 11.1 Å². The van der Waals surface area contributed by atoms with Crippen LogP contribution in [-0.2, 0) is 19.0 Å². The number of nitrogens with two attached hydrogens (primary N) is 1. The molecule has 0 aliphatic carbocycles. The normalized spacial score (nSPS) is 20.0. The average molecular weight is 429 g/mol. The van der Waals surface area contributed by atoms with Gasteiger partial charge in [-0.05, 0) is 24.3 Å². The minimum Gasteiger partial charge on any atom is -0.461 e. The molecule has 2 aliphatic heterocycles. The number of carbonyl (C=O) groups is 2. The summed E-state index contributed by atoms with van der Waals surface area (Å²) in [6.45, 7) is 1.48. The fraction of sp³-hybridized carbons (Fsp3) is 0.300. The van der Waals surface area contributed by atoms with E-state index >= 15 is 0 Å². The van der Waals surface area contributed by atoms with Crippen LogP contribution in [0.1, 0.15) is 18.8 Å². The summed E-state index contributed by atoms with van der Waals surface area (Å²) in [5.74, 6) is -0.604. The molecule has 1 aromatic heterocycles. The highest BCUT2D eigenvalue weighted by molar-refractivity contribution is 5.90. The first-order valence-electron chi connectivity index (χ1n) is 9.51. The van der Waals surface area contributed by atoms with Gasteiger partial charge in [0.25, 0.3) is 0 Å². The molecule has 31 heavy (non-hydrogen) atoms. The third kappa shape index (κ3) is 4.40. The Balaban J connectivity index is 1.44. The molecule has 2 unspecified atom stereocenters. The lowest BCUT2D eigenvalue weighted by Crippen LogP contribution is -2.28. The molecule has 3 heterocycles. The molecule has 1 amide bonds. The topological polar surface area (TPSA) is 128 Å². The van der Waals surface area contributed by atoms with Gasteiger partial charge in [-0.1, -0.05) is 6.07 Å². The zero-order valence-electron chi connectivity index (χ0n) is 16.6. The first kappa shape index (κ1) is 20.5. The van der Waals surface area contributed by atoms with Gasteiger partial charge < -0.3 is 19.9 Å². The minimum atomic E-state index is -0.651. The second-order valence-electron chi connectivity index (χ2n) is 6.90. The number of nitrogens with one attached hydrogen (secondary N) is 1. The second-order valence-corrected chi connectivity index (χ2v) is 6.90. The fourth-order valence-corrected chi connectivity index (χ4v) is 3.19. The van der Waals surface area contributed by atoms with Gasteiger partial charge in [0.1, 0.15) is 18.1 Å². The van der Waals surface area contributed by atoms with Crippen LogP contribution in [-0.4, -0.2) is 48.7 Å². The van der Waals surface area contributed by atoms with E-state index in [-0.39, 0.29) is 19.7 Å². The molecule has 2 aromatic rings. The number of esters is 1. The molecule has 0 radical (unpaired) electrons. The average Bonchev–Trinajstić information content (AvgIpc) is 3.37. The molecule has 1 fully saturated rings. The fourth-order valence-electron chi connectivity index (χ4n) is 3.19. The van der Waals surface area contributed by atoms with Crippen molar-refractivity contribution >= 4 is 23.6 Å². The summed E-state index contributed by atoms with van der Waals surface area (Å²) in [6, 6.07) is 7.87. The first-order chi connectivity index (χ1) is 14.9. The van der Waals surface area contributed by atoms with Crippen LogP contribution < -0.4 is 16.1 Å². The quantitative estimate of drug-likeness (QED) is 0.664. The smallest absolute Gasteiger partial charge is 0.414 e. The number of hydrogen-bond donors (Lipinski definition) is 2. The van der Waals surface area contributed by atoms with Crippen molar-refractivity contribution in [3.63, 3.8) is 0 Å². The van der Waals surface area contributed by atoms with Crippen molar-refractivity contribution in [2.45, 2.75) is 19.3 Å². The van der Waals surface area contributed by atoms with Crippen LogP contribution in [0.15, 0.2) is 41.6 Å². The lowest BCUT2D eigenvalue weighted by molar-refractivity contribution is -0.144. The number of anilines is 1. The molecule has 2 atom stereocenters. The van der Waals surface area contributed by atoms with E-state index < -0.39 is 30.2 Å². The van der Waals surface area contributed by atoms with Gasteiger partial charge in [0.15, 0.2) is 6.10 Å². The third-order valence-electron chi connectivity index (χ3n) is 4.73. The highest BCUT2D eigenvalue weighted by atomic mass is 19.1. The number of hydrazone groups is 1. The number of hydrogen-bond acceptors (Lipinski definition) is 9. The van der Waals surface area contributed by atoms with Crippen LogP contribution >= 0.6 is 0 Å². The number of nitrogens with zero attached hydrogens (tertiary/aromatic N) is 3. The number of benzene rings is 1. The van der Waals surface area contributed by atoms with Crippen molar-refractivity contribution < 1.29 is 28.2 Å². The Morgan fingerprint density at radius 2 is 2.19 bits per heavy atom. The molecule has 0 bridgehead atoms. The summed E-state index contributed by atoms with van der Waals surface area (Å²) < 4.78 is 30.3. The first-order valence-corrected chi connectivity index (χ1v) is 9.51. The highest BCUT2D eigenvalue weighted by Gasteiger charge is 2.33. The third-order valence-corrected chi connectivity index (χ3v) is 4.73. The lowest BCUT2D eigenvalue weighted by atomic mass is 10.1. The molecule has 10 nitrogen and oxygen atoms in total. The lowest BCUT2D eigenvalue weighted by Gasteiger charge is -2.15. The minimum absolute atomic E-state index is 0.110. The summed E-state index contributed by atoms with van der Waals surface area (Å²) >= 11 is 0. The summed E-state index contributed by atoms with van der Waals surface area (Å²) in [4.78, 5) is 28.9. The molecular formula is C20H20FN5O5. The van der Waals surface area contributed by atoms with E-state index in [9.17, 15) is 14.0 Å². The van der Waals surface area contributed by atoms with Gasteiger partial charge in [0, 0.05) is 24.2 Å². The number of carbonyl (C=O) groups excluding carboxylic acids is 2. The van der Waals surface area contributed by atoms with Crippen molar-refractivity contribution in [3.05, 3.63) is 48.0 Å². The van der Waals surface area contributed by atoms with E-state index in [1.807, 2.05) is 0 Å². The maximum Gasteiger partial charge on any atom is 0.414 e. The molecule has 3 N–H and O–H groups in total. The van der Waals surface area contributed by atoms with E-state index in [4.69, 9.17) is 19.9 Å². The van der Waals surface area contributed by atoms with E-state index in [2.05, 4.69) is 15.5 Å². The van der Waals surface area contributed by atoms with E-state index in [0.717, 1.165) is 0 Å². The molecule has 1 saturated heterocycles. The Hall–Kier alpha value is -3.73. The van der Waals surface area contributed by atoms with Gasteiger partial charge in [-0.2, -0.15) is 0 Å². The van der Waals surface area contributed by atoms with Gasteiger partial charge in [-0.25, -0.2) is 9.18 Å². The summed E-state index contributed by atoms with van der Waals surface area (Å²) in [6.07, 6.45) is -0.229. The molecule has 11 heteroatoms. The molecule has 0 spiro atoms. The molecule has 2 aliphatic rings. The predicted octanol–water partition coefficient (Wildman–Crippen LogP) is 1.67. The van der Waals surface area contributed by atoms with Crippen LogP contribution in [0.3, 0.4) is 0 Å². The van der Waals surface area contributed by atoms with Crippen molar-refractivity contribution in [1.82, 2.24) is 10.4 Å². The number of rotatable bonds is 6. The number of cyclic esters (lactones) is 1. The number of halogens is 1. The number of aromatic nitrogens is 1. The van der Waals surface area contributed by atoms with Crippen LogP contribution in [0.5, 0.6) is 0 Å². The summed E-state index contributed by atoms with van der Waals surface area (Å²) in [5.41, 5.74) is 9.82. The summed E-state index contributed by atoms with van der Waals surface area (Å²) in [7, 11) is 0. The Morgan fingerprint density at radius 3 is 2.84 bits per heavy atom. The molecule has 1 aromatic carbocycles. The SMILES string of the molecule is CC1=NNC(c2ccc(-c3ccc(N4CC(COC(=O)CN)OC4=O)cc3F)cn2)O1. The molecule has 0 saturated carbocycles. The molecule has 162 valence electrons. The van der Waals surface area contributed by atoms with Gasteiger partial charge in [0.05, 0.1) is 18.8 Å². The number of pyridine rings is 1. The maximum absolute atomic E-state index is 14.8. The Morgan fingerprint density at radius 1 is 1.35 bits per heavy atom. The van der Waals surface area contributed by atoms with Crippen molar-refractivity contribution in [2.75, 3.05) is 24.6 Å². The Kier molecular flexibility index (Phi) is 5.67. The molecular weight excluding hydrogens is 409 g/mol. The summed E-state index contributed by atoms with van der Waals surface area (Å²) in [5, 5.41) is 3.94. The second kappa shape index (κ2) is 8.56. The zero-order valence-corrected chi connectivity index (χ0v) is 16.6. The Labute approximate surface area is 176 Å². The van der Waals surface area contributed by atoms with E-state index in [1.54, 1.807) is 31.2 Å². The number of amides is 1. The predicted molar refractivity (Wildman–Crippen MR) is 107 cm³/mol. The number of ether oxygens (including phenoxy) is 3. The van der Waals surface area contributed by atoms with E-state index in [0.29, 0.717) is 28.4 Å².